The maximum Gasteiger partial charge on any atom is 0.238 e. The van der Waals surface area contributed by atoms with Crippen molar-refractivity contribution in [3.63, 3.8) is 0 Å². The van der Waals surface area contributed by atoms with Crippen LogP contribution >= 0.6 is 0 Å². The Morgan fingerprint density at radius 1 is 0.979 bits per heavy atom. The molecule has 13 heteroatoms. The molecule has 0 bridgehead atoms. The quantitative estimate of drug-likeness (QED) is 0.144. The Balaban J connectivity index is 1.34. The Bertz CT molecular complexity index is 1240. The van der Waals surface area contributed by atoms with Gasteiger partial charge in [-0.1, -0.05) is 40.0 Å². The summed E-state index contributed by atoms with van der Waals surface area (Å²) in [4.78, 5) is 13.6. The summed E-state index contributed by atoms with van der Waals surface area (Å²) >= 11 is 0. The summed E-state index contributed by atoms with van der Waals surface area (Å²) in [6, 6.07) is -0.996. The van der Waals surface area contributed by atoms with E-state index >= 15 is 0 Å². The van der Waals surface area contributed by atoms with Gasteiger partial charge in [0.1, 0.15) is 6.04 Å². The lowest BCUT2D eigenvalue weighted by Gasteiger charge is -2.36. The van der Waals surface area contributed by atoms with Crippen molar-refractivity contribution < 1.29 is 26.7 Å². The molecule has 3 fully saturated rings. The Hall–Kier alpha value is -1.25. The fraction of sp³-hybridized carbons (Fsp3) is 0.912. The van der Waals surface area contributed by atoms with Crippen LogP contribution in [0.1, 0.15) is 124 Å². The molecule has 3 aliphatic carbocycles. The number of aliphatic hydroxyl groups is 1. The molecule has 0 spiro atoms. The zero-order chi connectivity index (χ0) is 34.2. The van der Waals surface area contributed by atoms with Crippen LogP contribution in [0.25, 0.3) is 0 Å². The molecular formula is C34H63N5O6S2. The number of hydrogen-bond donors (Lipinski definition) is 5. The van der Waals surface area contributed by atoms with Gasteiger partial charge < -0.3 is 21.5 Å². The fourth-order valence-electron chi connectivity index (χ4n) is 8.13. The van der Waals surface area contributed by atoms with Crippen molar-refractivity contribution in [1.29, 1.82) is 0 Å². The second kappa shape index (κ2) is 17.6. The first-order valence-electron chi connectivity index (χ1n) is 18.4. The summed E-state index contributed by atoms with van der Waals surface area (Å²) in [6.07, 6.45) is 13.9. The van der Waals surface area contributed by atoms with Gasteiger partial charge in [0.25, 0.3) is 0 Å². The predicted octanol–water partition coefficient (Wildman–Crippen LogP) is 3.49. The third-order valence-corrected chi connectivity index (χ3v) is 15.5. The molecule has 0 radical (unpaired) electrons. The smallest absolute Gasteiger partial charge is 0.238 e. The van der Waals surface area contributed by atoms with Gasteiger partial charge in [0, 0.05) is 37.1 Å². The number of unbranched alkanes of at least 4 members (excludes halogenated alkanes) is 1. The molecule has 1 heterocycles. The molecule has 4 atom stereocenters. The minimum atomic E-state index is -3.67. The van der Waals surface area contributed by atoms with E-state index in [2.05, 4.69) is 22.3 Å². The highest BCUT2D eigenvalue weighted by Gasteiger charge is 2.39. The molecule has 0 aromatic rings. The number of hydrogen-bond acceptors (Lipinski definition) is 8. The molecule has 1 aliphatic heterocycles. The number of fused-ring (bicyclic) bond motifs is 1. The molecule has 4 aliphatic rings. The van der Waals surface area contributed by atoms with Crippen molar-refractivity contribution in [1.82, 2.24) is 19.7 Å². The van der Waals surface area contributed by atoms with Crippen molar-refractivity contribution in [2.24, 2.45) is 23.5 Å². The second-order valence-corrected chi connectivity index (χ2v) is 19.5. The van der Waals surface area contributed by atoms with Crippen LogP contribution < -0.4 is 21.1 Å². The molecule has 47 heavy (non-hydrogen) atoms. The summed E-state index contributed by atoms with van der Waals surface area (Å²) < 4.78 is 58.7. The molecular weight excluding hydrogens is 639 g/mol. The topological polar surface area (TPSA) is 171 Å². The third-order valence-electron chi connectivity index (χ3n) is 11.1. The Labute approximate surface area is 284 Å². The molecule has 0 aromatic carbocycles. The number of nitrogens with one attached hydrogen (secondary N) is 3. The third kappa shape index (κ3) is 10.6. The minimum absolute atomic E-state index is 0.0468. The number of rotatable bonds is 17. The van der Waals surface area contributed by atoms with E-state index < -0.39 is 42.6 Å². The van der Waals surface area contributed by atoms with Crippen molar-refractivity contribution in [2.45, 2.75) is 158 Å². The first-order chi connectivity index (χ1) is 22.3. The molecule has 0 saturated heterocycles. The number of carbonyl (C=O) groups is 1. The number of carbonyl (C=O) groups excluding carboxylic acids is 1. The molecule has 272 valence electrons. The van der Waals surface area contributed by atoms with Crippen LogP contribution in [0.3, 0.4) is 0 Å². The summed E-state index contributed by atoms with van der Waals surface area (Å²) in [7, 11) is -7.27. The minimum Gasteiger partial charge on any atom is -0.395 e. The lowest BCUT2D eigenvalue weighted by Crippen LogP contribution is -2.50. The maximum atomic E-state index is 13.7. The van der Waals surface area contributed by atoms with Gasteiger partial charge in [0.15, 0.2) is 0 Å². The van der Waals surface area contributed by atoms with Crippen molar-refractivity contribution >= 4 is 26.0 Å². The van der Waals surface area contributed by atoms with Gasteiger partial charge in [-0.05, 0) is 107 Å². The van der Waals surface area contributed by atoms with Gasteiger partial charge in [-0.15, -0.1) is 0 Å². The van der Waals surface area contributed by atoms with Gasteiger partial charge in [-0.2, -0.15) is 4.31 Å². The summed E-state index contributed by atoms with van der Waals surface area (Å²) in [5.41, 5.74) is 7.15. The van der Waals surface area contributed by atoms with Crippen molar-refractivity contribution in [3.05, 3.63) is 11.8 Å². The summed E-state index contributed by atoms with van der Waals surface area (Å²) in [6.45, 7) is 6.55. The number of nitrogens with two attached hydrogens (primary N) is 1. The van der Waals surface area contributed by atoms with E-state index in [1.165, 1.54) is 10.7 Å². The molecule has 6 N–H and O–H groups in total. The molecule has 3 saturated carbocycles. The molecule has 4 rings (SSSR count). The van der Waals surface area contributed by atoms with E-state index in [1.807, 2.05) is 20.0 Å². The summed E-state index contributed by atoms with van der Waals surface area (Å²) in [5, 5.41) is 15.8. The van der Waals surface area contributed by atoms with E-state index in [9.17, 15) is 26.7 Å². The highest BCUT2D eigenvalue weighted by molar-refractivity contribution is 7.90. The van der Waals surface area contributed by atoms with Crippen LogP contribution in [-0.4, -0.2) is 86.5 Å². The van der Waals surface area contributed by atoms with E-state index in [0.717, 1.165) is 37.7 Å². The van der Waals surface area contributed by atoms with Crippen LogP contribution in [0.15, 0.2) is 11.8 Å². The average molecular weight is 702 g/mol. The average Bonchev–Trinajstić information content (AvgIpc) is 3.44. The first-order valence-corrected chi connectivity index (χ1v) is 21.5. The van der Waals surface area contributed by atoms with Crippen LogP contribution in [0.2, 0.25) is 0 Å². The SMILES string of the molecule is CC(C)CN([C@H](CO)CCCCNC(=O)[C@H](CC1=CNC2CCCCC12)NS(=O)(=O)C1CCC(C)CC1)S(=O)(=O)C1CCC(N)CC1. The molecule has 0 aromatic heterocycles. The van der Waals surface area contributed by atoms with Crippen molar-refractivity contribution in [3.8, 4) is 0 Å². The van der Waals surface area contributed by atoms with E-state index in [-0.39, 0.29) is 24.5 Å². The van der Waals surface area contributed by atoms with E-state index in [4.69, 9.17) is 5.73 Å². The molecule has 11 nitrogen and oxygen atoms in total. The molecule has 2 unspecified atom stereocenters. The Morgan fingerprint density at radius 3 is 2.30 bits per heavy atom. The van der Waals surface area contributed by atoms with Gasteiger partial charge in [0.05, 0.1) is 17.1 Å². The van der Waals surface area contributed by atoms with Crippen LogP contribution in [-0.2, 0) is 24.8 Å². The number of sulfonamides is 2. The largest absolute Gasteiger partial charge is 0.395 e. The van der Waals surface area contributed by atoms with Gasteiger partial charge in [-0.25, -0.2) is 21.6 Å². The summed E-state index contributed by atoms with van der Waals surface area (Å²) in [5.74, 6) is 0.643. The Kier molecular flexibility index (Phi) is 14.4. The van der Waals surface area contributed by atoms with Crippen molar-refractivity contribution in [2.75, 3.05) is 19.7 Å². The molecule has 1 amide bonds. The van der Waals surface area contributed by atoms with Gasteiger partial charge >= 0.3 is 0 Å². The van der Waals surface area contributed by atoms with E-state index in [0.29, 0.717) is 95.2 Å². The second-order valence-electron chi connectivity index (χ2n) is 15.4. The maximum absolute atomic E-state index is 13.7. The van der Waals surface area contributed by atoms with Crippen LogP contribution in [0.5, 0.6) is 0 Å². The number of aliphatic hydroxyl groups excluding tert-OH is 1. The number of amides is 1. The fourth-order valence-corrected chi connectivity index (χ4v) is 12.1. The lowest BCUT2D eigenvalue weighted by molar-refractivity contribution is -0.122. The zero-order valence-electron chi connectivity index (χ0n) is 29.0. The zero-order valence-corrected chi connectivity index (χ0v) is 30.7. The van der Waals surface area contributed by atoms with Crippen LogP contribution in [0, 0.1) is 17.8 Å². The van der Waals surface area contributed by atoms with Gasteiger partial charge in [-0.3, -0.25) is 4.79 Å². The normalized spacial score (nSPS) is 30.0. The Morgan fingerprint density at radius 2 is 1.64 bits per heavy atom. The highest BCUT2D eigenvalue weighted by Crippen LogP contribution is 2.36. The van der Waals surface area contributed by atoms with Gasteiger partial charge in [0.2, 0.25) is 26.0 Å². The standard InChI is InChI=1S/C34H63N5O6S2/c1-24(2)22-39(47(44,45)30-17-13-27(35)14-18-30)28(23-40)8-6-7-19-36-34(41)33(20-26-21-37-32-10-5-4-9-31(26)32)38-46(42,43)29-15-11-25(3)12-16-29/h21,24-25,27-33,37-38,40H,4-20,22-23,35H2,1-3H3,(H,36,41)/t25?,27?,28-,29?,30?,31?,32?,33-/m0/s1. The van der Waals surface area contributed by atoms with Crippen LogP contribution in [0.4, 0.5) is 0 Å². The van der Waals surface area contributed by atoms with E-state index in [1.54, 1.807) is 0 Å². The highest BCUT2D eigenvalue weighted by atomic mass is 32.2. The predicted molar refractivity (Wildman–Crippen MR) is 187 cm³/mol. The monoisotopic (exact) mass is 701 g/mol. The lowest BCUT2D eigenvalue weighted by atomic mass is 9.80. The first kappa shape index (κ1) is 38.6. The number of nitrogens with zero attached hydrogens (tertiary/aromatic N) is 1.